The van der Waals surface area contributed by atoms with E-state index >= 15 is 0 Å². The first-order valence-electron chi connectivity index (χ1n) is 8.78. The highest BCUT2D eigenvalue weighted by atomic mass is 35.5. The van der Waals surface area contributed by atoms with Crippen LogP contribution < -0.4 is 10.1 Å². The number of pyridine rings is 1. The largest absolute Gasteiger partial charge is 0.493 e. The maximum Gasteiger partial charge on any atom is 0.405 e. The van der Waals surface area contributed by atoms with Crippen LogP contribution in [0.5, 0.6) is 5.75 Å². The lowest BCUT2D eigenvalue weighted by molar-refractivity contribution is 0.0822. The summed E-state index contributed by atoms with van der Waals surface area (Å²) in [6.45, 7) is 3.72. The van der Waals surface area contributed by atoms with Gasteiger partial charge in [0.25, 0.3) is 5.91 Å². The molecule has 0 aliphatic heterocycles. The number of carboxylic acid groups (broad SMARTS) is 1. The molecule has 0 aliphatic carbocycles. The number of benzene rings is 1. The van der Waals surface area contributed by atoms with Gasteiger partial charge in [0.2, 0.25) is 0 Å². The Morgan fingerprint density at radius 3 is 2.59 bits per heavy atom. The number of carbonyl (C=O) groups is 2. The molecule has 0 saturated carbocycles. The molecule has 29 heavy (non-hydrogen) atoms. The molecular formula is C20H21ClN4O4. The number of nitriles is 1. The fourth-order valence-electron chi connectivity index (χ4n) is 2.82. The Hall–Kier alpha value is -3.31. The number of ether oxygens (including phenoxy) is 1. The first-order chi connectivity index (χ1) is 13.7. The fraction of sp³-hybridized carbons (Fsp3) is 0.300. The topological polar surface area (TPSA) is 116 Å². The van der Waals surface area contributed by atoms with E-state index in [0.29, 0.717) is 22.4 Å². The minimum atomic E-state index is -1.20. The SMILES string of the molecule is CCOc1c(C(C)NC(=O)O)cc(Cl)c(C#N)c1-c1ccc(C(=O)N(C)C)nc1. The van der Waals surface area contributed by atoms with E-state index in [4.69, 9.17) is 21.4 Å². The van der Waals surface area contributed by atoms with E-state index in [1.54, 1.807) is 40.1 Å². The summed E-state index contributed by atoms with van der Waals surface area (Å²) in [6.07, 6.45) is 0.264. The third kappa shape index (κ3) is 4.76. The van der Waals surface area contributed by atoms with Crippen molar-refractivity contribution in [1.82, 2.24) is 15.2 Å². The van der Waals surface area contributed by atoms with Crippen molar-refractivity contribution in [2.75, 3.05) is 20.7 Å². The van der Waals surface area contributed by atoms with Crippen molar-refractivity contribution < 1.29 is 19.4 Å². The molecule has 1 atom stereocenters. The molecule has 0 fully saturated rings. The lowest BCUT2D eigenvalue weighted by atomic mass is 9.94. The standard InChI is InChI=1S/C20H21ClN4O4/c1-5-29-18-13(11(2)24-20(27)28)8-15(21)14(9-22)17(18)12-6-7-16(23-10-12)19(26)25(3)4/h6-8,10-11,24H,5H2,1-4H3,(H,27,28). The molecule has 1 heterocycles. The van der Waals surface area contributed by atoms with E-state index in [1.807, 2.05) is 0 Å². The second kappa shape index (κ2) is 9.26. The van der Waals surface area contributed by atoms with Crippen molar-refractivity contribution in [1.29, 1.82) is 5.26 Å². The predicted molar refractivity (Wildman–Crippen MR) is 108 cm³/mol. The van der Waals surface area contributed by atoms with Gasteiger partial charge in [-0.1, -0.05) is 17.7 Å². The molecule has 2 rings (SSSR count). The van der Waals surface area contributed by atoms with Gasteiger partial charge in [0.05, 0.1) is 23.2 Å². The monoisotopic (exact) mass is 416 g/mol. The lowest BCUT2D eigenvalue weighted by Crippen LogP contribution is -2.25. The number of carbonyl (C=O) groups excluding carboxylic acids is 1. The average molecular weight is 417 g/mol. The summed E-state index contributed by atoms with van der Waals surface area (Å²) in [5.74, 6) is 0.0799. The van der Waals surface area contributed by atoms with Crippen LogP contribution in [0, 0.1) is 11.3 Å². The highest BCUT2D eigenvalue weighted by Gasteiger charge is 2.24. The zero-order valence-electron chi connectivity index (χ0n) is 16.5. The van der Waals surface area contributed by atoms with Gasteiger partial charge in [-0.3, -0.25) is 9.78 Å². The Labute approximate surface area is 173 Å². The van der Waals surface area contributed by atoms with Gasteiger partial charge in [0, 0.05) is 37.0 Å². The molecule has 0 radical (unpaired) electrons. The summed E-state index contributed by atoms with van der Waals surface area (Å²) in [5.41, 5.74) is 1.83. The number of nitrogens with one attached hydrogen (secondary N) is 1. The summed E-state index contributed by atoms with van der Waals surface area (Å²) >= 11 is 6.33. The number of rotatable bonds is 6. The van der Waals surface area contributed by atoms with Crippen LogP contribution in [0.25, 0.3) is 11.1 Å². The second-order valence-electron chi connectivity index (χ2n) is 6.37. The molecule has 2 amide bonds. The number of amides is 2. The molecule has 2 aromatic rings. The van der Waals surface area contributed by atoms with Crippen molar-refractivity contribution in [3.63, 3.8) is 0 Å². The smallest absolute Gasteiger partial charge is 0.405 e. The zero-order valence-corrected chi connectivity index (χ0v) is 17.2. The highest BCUT2D eigenvalue weighted by Crippen LogP contribution is 2.42. The quantitative estimate of drug-likeness (QED) is 0.741. The van der Waals surface area contributed by atoms with Gasteiger partial charge in [-0.2, -0.15) is 5.26 Å². The predicted octanol–water partition coefficient (Wildman–Crippen LogP) is 3.70. The number of halogens is 1. The van der Waals surface area contributed by atoms with Gasteiger partial charge in [-0.25, -0.2) is 4.79 Å². The molecule has 9 heteroatoms. The Morgan fingerprint density at radius 1 is 1.41 bits per heavy atom. The van der Waals surface area contributed by atoms with Gasteiger partial charge < -0.3 is 20.1 Å². The van der Waals surface area contributed by atoms with Crippen LogP contribution in [0.3, 0.4) is 0 Å². The lowest BCUT2D eigenvalue weighted by Gasteiger charge is -2.21. The minimum absolute atomic E-state index is 0.161. The molecule has 1 aromatic heterocycles. The van der Waals surface area contributed by atoms with E-state index in [0.717, 1.165) is 0 Å². The highest BCUT2D eigenvalue weighted by molar-refractivity contribution is 6.32. The maximum absolute atomic E-state index is 12.1. The number of hydrogen-bond donors (Lipinski definition) is 2. The van der Waals surface area contributed by atoms with Crippen LogP contribution in [-0.2, 0) is 0 Å². The van der Waals surface area contributed by atoms with Crippen LogP contribution in [0.2, 0.25) is 5.02 Å². The van der Waals surface area contributed by atoms with Gasteiger partial charge in [0.1, 0.15) is 17.5 Å². The number of hydrogen-bond acceptors (Lipinski definition) is 5. The first-order valence-corrected chi connectivity index (χ1v) is 9.15. The molecule has 0 saturated heterocycles. The van der Waals surface area contributed by atoms with Crippen molar-refractivity contribution >= 4 is 23.6 Å². The van der Waals surface area contributed by atoms with E-state index in [1.165, 1.54) is 17.2 Å². The maximum atomic E-state index is 12.1. The average Bonchev–Trinajstić information content (AvgIpc) is 2.67. The normalized spacial score (nSPS) is 11.3. The van der Waals surface area contributed by atoms with Crippen molar-refractivity contribution in [3.8, 4) is 22.9 Å². The molecule has 1 unspecified atom stereocenters. The Balaban J connectivity index is 2.71. The third-order valence-corrected chi connectivity index (χ3v) is 4.44. The number of nitrogens with zero attached hydrogens (tertiary/aromatic N) is 3. The van der Waals surface area contributed by atoms with Gasteiger partial charge in [0.15, 0.2) is 0 Å². The van der Waals surface area contributed by atoms with E-state index in [2.05, 4.69) is 16.4 Å². The van der Waals surface area contributed by atoms with Crippen molar-refractivity contribution in [2.45, 2.75) is 19.9 Å². The van der Waals surface area contributed by atoms with Crippen molar-refractivity contribution in [2.24, 2.45) is 0 Å². The summed E-state index contributed by atoms with van der Waals surface area (Å²) in [5, 5.41) is 21.3. The van der Waals surface area contributed by atoms with Crippen LogP contribution in [-0.4, -0.2) is 47.7 Å². The summed E-state index contributed by atoms with van der Waals surface area (Å²) in [6, 6.07) is 6.15. The molecule has 1 aromatic carbocycles. The molecule has 152 valence electrons. The van der Waals surface area contributed by atoms with E-state index in [9.17, 15) is 14.9 Å². The molecular weight excluding hydrogens is 396 g/mol. The summed E-state index contributed by atoms with van der Waals surface area (Å²) in [7, 11) is 3.25. The minimum Gasteiger partial charge on any atom is -0.493 e. The molecule has 8 nitrogen and oxygen atoms in total. The molecule has 0 aliphatic rings. The van der Waals surface area contributed by atoms with Gasteiger partial charge in [-0.05, 0) is 26.0 Å². The first kappa shape index (κ1) is 22.0. The molecule has 2 N–H and O–H groups in total. The Bertz CT molecular complexity index is 968. The zero-order chi connectivity index (χ0) is 21.7. The Morgan fingerprint density at radius 2 is 2.10 bits per heavy atom. The summed E-state index contributed by atoms with van der Waals surface area (Å²) in [4.78, 5) is 28.8. The second-order valence-corrected chi connectivity index (χ2v) is 6.78. The van der Waals surface area contributed by atoms with E-state index < -0.39 is 12.1 Å². The van der Waals surface area contributed by atoms with Gasteiger partial charge >= 0.3 is 6.09 Å². The number of aromatic nitrogens is 1. The Kier molecular flexibility index (Phi) is 7.02. The van der Waals surface area contributed by atoms with Gasteiger partial charge in [-0.15, -0.1) is 0 Å². The summed E-state index contributed by atoms with van der Waals surface area (Å²) < 4.78 is 5.79. The van der Waals surface area contributed by atoms with Crippen LogP contribution in [0.15, 0.2) is 24.4 Å². The third-order valence-electron chi connectivity index (χ3n) is 4.14. The van der Waals surface area contributed by atoms with Crippen LogP contribution in [0.1, 0.15) is 41.5 Å². The van der Waals surface area contributed by atoms with Crippen molar-refractivity contribution in [3.05, 3.63) is 46.2 Å². The van der Waals surface area contributed by atoms with Crippen LogP contribution in [0.4, 0.5) is 4.79 Å². The fourth-order valence-corrected chi connectivity index (χ4v) is 3.07. The van der Waals surface area contributed by atoms with Crippen LogP contribution >= 0.6 is 11.6 Å². The van der Waals surface area contributed by atoms with E-state index in [-0.39, 0.29) is 28.8 Å². The molecule has 0 spiro atoms. The molecule has 0 bridgehead atoms.